The van der Waals surface area contributed by atoms with E-state index in [1.54, 1.807) is 0 Å². The van der Waals surface area contributed by atoms with Crippen LogP contribution >= 0.6 is 0 Å². The van der Waals surface area contributed by atoms with Crippen LogP contribution in [0.3, 0.4) is 0 Å². The van der Waals surface area contributed by atoms with E-state index in [4.69, 9.17) is 4.43 Å². The molecule has 0 fully saturated rings. The molecule has 0 spiro atoms. The number of benzene rings is 1. The predicted octanol–water partition coefficient (Wildman–Crippen LogP) is 4.60. The highest BCUT2D eigenvalue weighted by Gasteiger charge is 2.47. The van der Waals surface area contributed by atoms with Gasteiger partial charge in [-0.1, -0.05) is 43.9 Å². The summed E-state index contributed by atoms with van der Waals surface area (Å²) in [6.07, 6.45) is 2.84. The maximum Gasteiger partial charge on any atom is 0.193 e. The summed E-state index contributed by atoms with van der Waals surface area (Å²) < 4.78 is 6.63. The minimum atomic E-state index is -1.83. The van der Waals surface area contributed by atoms with E-state index in [1.807, 2.05) is 25.1 Å². The molecule has 1 aliphatic rings. The third kappa shape index (κ3) is 3.22. The quantitative estimate of drug-likeness (QED) is 0.601. The Kier molecular flexibility index (Phi) is 4.35. The molecule has 0 amide bonds. The first-order valence-corrected chi connectivity index (χ1v) is 15.3. The highest BCUT2D eigenvalue weighted by molar-refractivity contribution is 7.37. The number of hydrogen-bond acceptors (Lipinski definition) is 2. The van der Waals surface area contributed by atoms with Crippen molar-refractivity contribution >= 4 is 21.2 Å². The number of aryl methyl sites for hydroxylation is 1. The summed E-state index contributed by atoms with van der Waals surface area (Å²) in [5.74, 6) is 0.189. The Morgan fingerprint density at radius 3 is 2.33 bits per heavy atom. The van der Waals surface area contributed by atoms with Crippen molar-refractivity contribution in [3.8, 4) is 0 Å². The lowest BCUT2D eigenvalue weighted by Gasteiger charge is -2.42. The van der Waals surface area contributed by atoms with Gasteiger partial charge < -0.3 is 4.43 Å². The van der Waals surface area contributed by atoms with E-state index in [2.05, 4.69) is 38.8 Å². The number of carbonyl (C=O) groups excluding carboxylic acids is 1. The van der Waals surface area contributed by atoms with Crippen molar-refractivity contribution < 1.29 is 9.22 Å². The van der Waals surface area contributed by atoms with Gasteiger partial charge in [0.1, 0.15) is 5.60 Å². The molecule has 2 rings (SSSR count). The van der Waals surface area contributed by atoms with Gasteiger partial charge in [0.05, 0.1) is 7.59 Å². The first kappa shape index (κ1) is 16.7. The molecular weight excluding hydrogens is 292 g/mol. The number of fused-ring (bicyclic) bond motifs is 1. The fourth-order valence-electron chi connectivity index (χ4n) is 2.79. The molecule has 2 nitrogen and oxygen atoms in total. The number of carbonyl (C=O) groups is 1. The third-order valence-electron chi connectivity index (χ3n) is 5.13. The monoisotopic (exact) mass is 320 g/mol. The number of hydrogen-bond donors (Lipinski definition) is 0. The zero-order valence-electron chi connectivity index (χ0n) is 14.2. The molecule has 0 aliphatic heterocycles. The van der Waals surface area contributed by atoms with Crippen LogP contribution in [0, 0.1) is 0 Å². The molecule has 1 aliphatic carbocycles. The van der Waals surface area contributed by atoms with Crippen LogP contribution in [0.4, 0.5) is 0 Å². The largest absolute Gasteiger partial charge is 0.407 e. The fraction of sp³-hybridized carbons (Fsp3) is 0.588. The van der Waals surface area contributed by atoms with Crippen molar-refractivity contribution in [3.05, 3.63) is 35.4 Å². The molecule has 0 bridgehead atoms. The molecule has 0 radical (unpaired) electrons. The zero-order valence-corrected chi connectivity index (χ0v) is 16.2. The summed E-state index contributed by atoms with van der Waals surface area (Å²) in [7, 11) is -3.22. The predicted molar refractivity (Wildman–Crippen MR) is 94.0 cm³/mol. The molecule has 0 saturated heterocycles. The Bertz CT molecular complexity index is 546. The van der Waals surface area contributed by atoms with Crippen LogP contribution in [0.5, 0.6) is 0 Å². The van der Waals surface area contributed by atoms with E-state index in [0.29, 0.717) is 0 Å². The zero-order chi connectivity index (χ0) is 15.9. The molecular formula is C17H28O2Si2. The van der Waals surface area contributed by atoms with Crippen molar-refractivity contribution in [3.63, 3.8) is 0 Å². The summed E-state index contributed by atoms with van der Waals surface area (Å²) in [4.78, 5) is 13.1. The molecule has 1 aromatic rings. The van der Waals surface area contributed by atoms with Crippen LogP contribution in [0.1, 0.15) is 35.7 Å². The van der Waals surface area contributed by atoms with Crippen molar-refractivity contribution in [1.82, 2.24) is 0 Å². The molecule has 116 valence electrons. The maximum atomic E-state index is 13.1. The second-order valence-electron chi connectivity index (χ2n) is 7.93. The van der Waals surface area contributed by atoms with Gasteiger partial charge in [0, 0.05) is 5.56 Å². The summed E-state index contributed by atoms with van der Waals surface area (Å²) in [6.45, 7) is 13.7. The summed E-state index contributed by atoms with van der Waals surface area (Å²) in [6, 6.07) is 8.04. The van der Waals surface area contributed by atoms with Gasteiger partial charge in [-0.2, -0.15) is 0 Å². The molecule has 21 heavy (non-hydrogen) atoms. The van der Waals surface area contributed by atoms with Gasteiger partial charge in [-0.05, 0) is 44.8 Å². The summed E-state index contributed by atoms with van der Waals surface area (Å²) in [5.41, 5.74) is 1.42. The Morgan fingerprint density at radius 2 is 1.71 bits per heavy atom. The van der Waals surface area contributed by atoms with Crippen molar-refractivity contribution in [2.45, 2.75) is 64.5 Å². The lowest BCUT2D eigenvalue weighted by atomic mass is 9.92. The first-order chi connectivity index (χ1) is 9.57. The molecule has 4 heteroatoms. The van der Waals surface area contributed by atoms with Crippen LogP contribution in [-0.2, 0) is 10.8 Å². The van der Waals surface area contributed by atoms with Gasteiger partial charge in [0.2, 0.25) is 0 Å². The van der Waals surface area contributed by atoms with Gasteiger partial charge in [0.15, 0.2) is 13.6 Å². The molecule has 1 aromatic carbocycles. The molecule has 1 unspecified atom stereocenters. The van der Waals surface area contributed by atoms with E-state index in [-0.39, 0.29) is 5.78 Å². The highest BCUT2D eigenvalue weighted by atomic mass is 29.3. The second-order valence-corrected chi connectivity index (χ2v) is 23.8. The number of rotatable bonds is 3. The average Bonchev–Trinajstić information content (AvgIpc) is 2.47. The third-order valence-corrected chi connectivity index (χ3v) is 20.8. The highest BCUT2D eigenvalue weighted by Crippen LogP contribution is 2.35. The SMILES string of the molecule is CC1(O[Si](C)(C)[Si](C)(C)C)CCCc2ccccc2C1=O. The maximum absolute atomic E-state index is 13.1. The lowest BCUT2D eigenvalue weighted by Crippen LogP contribution is -2.60. The van der Waals surface area contributed by atoms with Gasteiger partial charge in [-0.15, -0.1) is 0 Å². The second kappa shape index (κ2) is 5.48. The van der Waals surface area contributed by atoms with Crippen LogP contribution in [-0.4, -0.2) is 26.8 Å². The van der Waals surface area contributed by atoms with Gasteiger partial charge in [-0.25, -0.2) is 0 Å². The van der Waals surface area contributed by atoms with E-state index in [9.17, 15) is 4.79 Å². The molecule has 0 saturated carbocycles. The van der Waals surface area contributed by atoms with Gasteiger partial charge >= 0.3 is 0 Å². The summed E-state index contributed by atoms with van der Waals surface area (Å²) >= 11 is 0. The summed E-state index contributed by atoms with van der Waals surface area (Å²) in [5, 5.41) is 0. The molecule has 1 atom stereocenters. The van der Waals surface area contributed by atoms with Crippen LogP contribution in [0.25, 0.3) is 0 Å². The lowest BCUT2D eigenvalue weighted by molar-refractivity contribution is 0.0470. The minimum Gasteiger partial charge on any atom is -0.407 e. The Morgan fingerprint density at radius 1 is 1.10 bits per heavy atom. The van der Waals surface area contributed by atoms with Gasteiger partial charge in [-0.3, -0.25) is 4.79 Å². The fourth-order valence-corrected chi connectivity index (χ4v) is 6.01. The molecule has 0 N–H and O–H groups in total. The molecule has 0 aromatic heterocycles. The number of ketones is 1. The van der Waals surface area contributed by atoms with Crippen LogP contribution in [0.15, 0.2) is 24.3 Å². The van der Waals surface area contributed by atoms with Crippen molar-refractivity contribution in [1.29, 1.82) is 0 Å². The van der Waals surface area contributed by atoms with E-state index >= 15 is 0 Å². The number of Topliss-reactive ketones (excluding diaryl/α,β-unsaturated/α-hetero) is 1. The first-order valence-electron chi connectivity index (χ1n) is 7.90. The Labute approximate surface area is 130 Å². The normalized spacial score (nSPS) is 23.6. The minimum absolute atomic E-state index is 0.189. The van der Waals surface area contributed by atoms with Crippen LogP contribution < -0.4 is 0 Å². The smallest absolute Gasteiger partial charge is 0.193 e. The van der Waals surface area contributed by atoms with E-state index in [0.717, 1.165) is 24.8 Å². The van der Waals surface area contributed by atoms with Crippen LogP contribution in [0.2, 0.25) is 32.7 Å². The molecule has 0 heterocycles. The average molecular weight is 321 g/mol. The standard InChI is InChI=1S/C17H28O2Si2/c1-17(19-21(5,6)20(2,3)4)13-9-11-14-10-7-8-12-15(14)16(17)18/h7-8,10,12H,9,11,13H2,1-6H3. The van der Waals surface area contributed by atoms with Crippen molar-refractivity contribution in [2.24, 2.45) is 0 Å². The topological polar surface area (TPSA) is 26.3 Å². The Balaban J connectivity index is 2.37. The van der Waals surface area contributed by atoms with E-state index in [1.165, 1.54) is 5.56 Å². The van der Waals surface area contributed by atoms with Crippen molar-refractivity contribution in [2.75, 3.05) is 0 Å². The van der Waals surface area contributed by atoms with Gasteiger partial charge in [0.25, 0.3) is 0 Å². The van der Waals surface area contributed by atoms with E-state index < -0.39 is 21.0 Å². The Hall–Kier alpha value is -0.716.